The highest BCUT2D eigenvalue weighted by atomic mass is 35.5. The molecule has 1 aliphatic rings. The van der Waals surface area contributed by atoms with E-state index in [0.717, 1.165) is 9.78 Å². The monoisotopic (exact) mass is 449 g/mol. The number of hydrogen-bond donors (Lipinski definition) is 2. The predicted octanol–water partition coefficient (Wildman–Crippen LogP) is 3.21. The van der Waals surface area contributed by atoms with Gasteiger partial charge in [-0.25, -0.2) is 9.59 Å². The van der Waals surface area contributed by atoms with Crippen molar-refractivity contribution in [2.75, 3.05) is 19.0 Å². The van der Waals surface area contributed by atoms with Crippen LogP contribution in [0.5, 0.6) is 0 Å². The number of hydrogen-bond acceptors (Lipinski definition) is 6. The molecule has 0 aliphatic carbocycles. The maximum absolute atomic E-state index is 13.0. The summed E-state index contributed by atoms with van der Waals surface area (Å²) in [6.45, 7) is 4.59. The van der Waals surface area contributed by atoms with E-state index in [0.29, 0.717) is 21.2 Å². The lowest BCUT2D eigenvalue weighted by Gasteiger charge is -2.23. The molecule has 2 N–H and O–H groups in total. The topological polar surface area (TPSA) is 105 Å². The minimum Gasteiger partial charge on any atom is -0.465 e. The van der Waals surface area contributed by atoms with Gasteiger partial charge in [-0.15, -0.1) is 11.3 Å². The van der Waals surface area contributed by atoms with Gasteiger partial charge in [-0.1, -0.05) is 29.8 Å². The summed E-state index contributed by atoms with van der Waals surface area (Å²) in [7, 11) is 1.25. The Balaban J connectivity index is 1.81. The number of carbonyl (C=O) groups is 4. The maximum atomic E-state index is 13.0. The molecule has 1 aromatic heterocycles. The van der Waals surface area contributed by atoms with Crippen LogP contribution >= 0.6 is 22.9 Å². The minimum atomic E-state index is -1.39. The van der Waals surface area contributed by atoms with Crippen molar-refractivity contribution in [2.24, 2.45) is 0 Å². The smallest absolute Gasteiger partial charge is 0.341 e. The molecule has 1 saturated heterocycles. The molecule has 1 aliphatic heterocycles. The summed E-state index contributed by atoms with van der Waals surface area (Å²) in [4.78, 5) is 51.8. The lowest BCUT2D eigenvalue weighted by Crippen LogP contribution is -2.42. The third kappa shape index (κ3) is 3.66. The van der Waals surface area contributed by atoms with E-state index in [9.17, 15) is 19.2 Å². The van der Waals surface area contributed by atoms with E-state index in [1.165, 1.54) is 25.4 Å². The average Bonchev–Trinajstić information content (AvgIpc) is 3.09. The molecule has 8 nitrogen and oxygen atoms in total. The molecule has 30 heavy (non-hydrogen) atoms. The Morgan fingerprint density at radius 1 is 1.27 bits per heavy atom. The second-order valence-electron chi connectivity index (χ2n) is 6.95. The van der Waals surface area contributed by atoms with Gasteiger partial charge in [0.05, 0.1) is 12.7 Å². The summed E-state index contributed by atoms with van der Waals surface area (Å²) >= 11 is 7.42. The summed E-state index contributed by atoms with van der Waals surface area (Å²) in [6.07, 6.45) is 0. The van der Waals surface area contributed by atoms with Gasteiger partial charge >= 0.3 is 12.0 Å². The lowest BCUT2D eigenvalue weighted by atomic mass is 9.92. The Morgan fingerprint density at radius 2 is 1.93 bits per heavy atom. The zero-order chi connectivity index (χ0) is 22.2. The zero-order valence-corrected chi connectivity index (χ0v) is 18.4. The average molecular weight is 450 g/mol. The van der Waals surface area contributed by atoms with Crippen LogP contribution in [0.2, 0.25) is 5.02 Å². The van der Waals surface area contributed by atoms with E-state index < -0.39 is 35.9 Å². The third-order valence-corrected chi connectivity index (χ3v) is 6.47. The zero-order valence-electron chi connectivity index (χ0n) is 16.8. The fourth-order valence-corrected chi connectivity index (χ4v) is 4.65. The number of imide groups is 1. The van der Waals surface area contributed by atoms with Crippen LogP contribution in [0, 0.1) is 13.8 Å². The predicted molar refractivity (Wildman–Crippen MR) is 113 cm³/mol. The summed E-state index contributed by atoms with van der Waals surface area (Å²) < 4.78 is 4.78. The van der Waals surface area contributed by atoms with E-state index in [-0.39, 0.29) is 5.56 Å². The first-order valence-electron chi connectivity index (χ1n) is 8.97. The van der Waals surface area contributed by atoms with Crippen LogP contribution in [0.3, 0.4) is 0 Å². The number of thiophene rings is 1. The van der Waals surface area contributed by atoms with Crippen molar-refractivity contribution in [3.05, 3.63) is 50.9 Å². The summed E-state index contributed by atoms with van der Waals surface area (Å²) in [5, 5.41) is 5.86. The van der Waals surface area contributed by atoms with Gasteiger partial charge in [-0.05, 0) is 32.4 Å². The molecule has 2 aromatic rings. The second-order valence-corrected chi connectivity index (χ2v) is 8.59. The fourth-order valence-electron chi connectivity index (χ4n) is 3.26. The Morgan fingerprint density at radius 3 is 2.57 bits per heavy atom. The molecular formula is C20H20ClN3O5S. The molecule has 0 spiro atoms. The Kier molecular flexibility index (Phi) is 5.87. The van der Waals surface area contributed by atoms with Gasteiger partial charge in [0.15, 0.2) is 0 Å². The Bertz CT molecular complexity index is 1070. The summed E-state index contributed by atoms with van der Waals surface area (Å²) in [6, 6.07) is 5.98. The van der Waals surface area contributed by atoms with Gasteiger partial charge in [-0.2, -0.15) is 0 Å². The molecule has 10 heteroatoms. The van der Waals surface area contributed by atoms with Crippen LogP contribution in [-0.4, -0.2) is 42.4 Å². The Hall–Kier alpha value is -2.91. The quantitative estimate of drug-likeness (QED) is 0.538. The van der Waals surface area contributed by atoms with E-state index >= 15 is 0 Å². The first-order valence-corrected chi connectivity index (χ1v) is 10.2. The molecule has 2 heterocycles. The van der Waals surface area contributed by atoms with Crippen molar-refractivity contribution < 1.29 is 23.9 Å². The number of carbonyl (C=O) groups excluding carboxylic acids is 4. The maximum Gasteiger partial charge on any atom is 0.341 e. The largest absolute Gasteiger partial charge is 0.465 e. The van der Waals surface area contributed by atoms with Crippen LogP contribution < -0.4 is 10.6 Å². The molecule has 0 unspecified atom stereocenters. The van der Waals surface area contributed by atoms with Gasteiger partial charge < -0.3 is 15.4 Å². The van der Waals surface area contributed by atoms with Crippen LogP contribution in [0.15, 0.2) is 24.3 Å². The number of halogens is 1. The molecule has 0 radical (unpaired) electrons. The lowest BCUT2D eigenvalue weighted by molar-refractivity contribution is -0.133. The molecule has 1 atom stereocenters. The highest BCUT2D eigenvalue weighted by Gasteiger charge is 2.50. The van der Waals surface area contributed by atoms with E-state index in [2.05, 4.69) is 10.6 Å². The summed E-state index contributed by atoms with van der Waals surface area (Å²) in [5.41, 5.74) is 0.00325. The van der Waals surface area contributed by atoms with Crippen molar-refractivity contribution >= 4 is 51.8 Å². The van der Waals surface area contributed by atoms with Crippen molar-refractivity contribution in [1.29, 1.82) is 0 Å². The number of urea groups is 1. The van der Waals surface area contributed by atoms with Crippen molar-refractivity contribution in [2.45, 2.75) is 26.3 Å². The normalized spacial score (nSPS) is 18.4. The molecule has 3 rings (SSSR count). The Labute approximate surface area is 182 Å². The second kappa shape index (κ2) is 8.08. The first kappa shape index (κ1) is 21.8. The number of anilines is 1. The number of esters is 1. The van der Waals surface area contributed by atoms with E-state index in [4.69, 9.17) is 16.3 Å². The van der Waals surface area contributed by atoms with Crippen LogP contribution in [0.4, 0.5) is 9.80 Å². The minimum absolute atomic E-state index is 0.256. The number of nitrogens with zero attached hydrogens (tertiary/aromatic N) is 1. The first-order chi connectivity index (χ1) is 14.1. The molecule has 0 saturated carbocycles. The highest BCUT2D eigenvalue weighted by Crippen LogP contribution is 2.35. The fraction of sp³-hybridized carbons (Fsp3) is 0.300. The van der Waals surface area contributed by atoms with Crippen LogP contribution in [0.25, 0.3) is 0 Å². The van der Waals surface area contributed by atoms with Crippen LogP contribution in [-0.2, 0) is 19.9 Å². The van der Waals surface area contributed by atoms with Gasteiger partial charge in [0.2, 0.25) is 5.91 Å². The number of ether oxygens (including phenoxy) is 1. The van der Waals surface area contributed by atoms with Crippen molar-refractivity contribution in [3.63, 3.8) is 0 Å². The number of aryl methyl sites for hydroxylation is 1. The van der Waals surface area contributed by atoms with Crippen molar-refractivity contribution in [1.82, 2.24) is 10.2 Å². The molecular weight excluding hydrogens is 430 g/mol. The number of methoxy groups -OCH3 is 1. The van der Waals surface area contributed by atoms with Gasteiger partial charge in [0.1, 0.15) is 17.1 Å². The SMILES string of the molecule is COC(=O)c1c(NC(=O)CN2C(=O)N[C@@](C)(c3ccccc3Cl)C2=O)sc(C)c1C. The van der Waals surface area contributed by atoms with Gasteiger partial charge in [-0.3, -0.25) is 14.5 Å². The van der Waals surface area contributed by atoms with E-state index in [1.54, 1.807) is 31.2 Å². The van der Waals surface area contributed by atoms with E-state index in [1.807, 2.05) is 6.92 Å². The highest BCUT2D eigenvalue weighted by molar-refractivity contribution is 7.16. The molecule has 158 valence electrons. The molecule has 4 amide bonds. The van der Waals surface area contributed by atoms with Crippen molar-refractivity contribution in [3.8, 4) is 0 Å². The third-order valence-electron chi connectivity index (χ3n) is 5.02. The standard InChI is InChI=1S/C20H20ClN3O5S/c1-10-11(2)30-16(15(10)17(26)29-4)22-14(25)9-24-18(27)20(3,23-19(24)28)12-7-5-6-8-13(12)21/h5-8H,9H2,1-4H3,(H,22,25)(H,23,28)/t20-/m0/s1. The molecule has 1 fully saturated rings. The van der Waals surface area contributed by atoms with Gasteiger partial charge in [0, 0.05) is 15.5 Å². The van der Waals surface area contributed by atoms with Gasteiger partial charge in [0.25, 0.3) is 5.91 Å². The van der Waals surface area contributed by atoms with Crippen LogP contribution in [0.1, 0.15) is 33.3 Å². The number of nitrogens with one attached hydrogen (secondary N) is 2. The number of benzene rings is 1. The number of rotatable bonds is 5. The molecule has 0 bridgehead atoms. The molecule has 1 aromatic carbocycles. The number of amides is 4. The summed E-state index contributed by atoms with van der Waals surface area (Å²) in [5.74, 6) is -1.79.